The Kier molecular flexibility index (Phi) is 9.96. The summed E-state index contributed by atoms with van der Waals surface area (Å²) < 4.78 is 0. The fourth-order valence-electron chi connectivity index (χ4n) is 1.03. The Morgan fingerprint density at radius 1 is 1.31 bits per heavy atom. The molecule has 0 aromatic heterocycles. The molecule has 0 fully saturated rings. The van der Waals surface area contributed by atoms with E-state index in [0.29, 0.717) is 6.42 Å². The molecule has 2 nitrogen and oxygen atoms in total. The Morgan fingerprint density at radius 2 is 1.92 bits per heavy atom. The molecular weight excluding hydrogens is 334 g/mol. The van der Waals surface area contributed by atoms with Gasteiger partial charge in [0, 0.05) is 27.5 Å². The molecule has 0 aliphatic rings. The number of rotatable bonds is 6. The van der Waals surface area contributed by atoms with Crippen LogP contribution in [0.15, 0.2) is 0 Å². The van der Waals surface area contributed by atoms with E-state index in [-0.39, 0.29) is 26.5 Å². The summed E-state index contributed by atoms with van der Waals surface area (Å²) in [6, 6.07) is 2.26. The van der Waals surface area contributed by atoms with Crippen LogP contribution in [0, 0.1) is 16.7 Å². The van der Waals surface area contributed by atoms with Crippen molar-refractivity contribution in [2.75, 3.05) is 0 Å². The standard InChI is InChI=1S/C10H17NO.W/c1-10(2,9-11)7-5-3-4-6-8-12;/h8H,3-7H2,1-2H3;. The maximum Gasteiger partial charge on any atom is 0.119 e. The minimum atomic E-state index is -0.193. The van der Waals surface area contributed by atoms with E-state index in [2.05, 4.69) is 6.07 Å². The molecule has 0 atom stereocenters. The molecule has 0 unspecified atom stereocenters. The van der Waals surface area contributed by atoms with Crippen molar-refractivity contribution in [2.24, 2.45) is 5.41 Å². The molecule has 0 bridgehead atoms. The molecule has 0 heterocycles. The molecule has 13 heavy (non-hydrogen) atoms. The van der Waals surface area contributed by atoms with E-state index in [1.807, 2.05) is 13.8 Å². The van der Waals surface area contributed by atoms with Crippen LogP contribution < -0.4 is 0 Å². The monoisotopic (exact) mass is 351 g/mol. The van der Waals surface area contributed by atoms with Gasteiger partial charge in [-0.05, 0) is 26.7 Å². The van der Waals surface area contributed by atoms with E-state index in [1.54, 1.807) is 0 Å². The fourth-order valence-corrected chi connectivity index (χ4v) is 1.03. The van der Waals surface area contributed by atoms with Crippen LogP contribution in [-0.4, -0.2) is 6.29 Å². The Morgan fingerprint density at radius 3 is 2.38 bits per heavy atom. The third kappa shape index (κ3) is 9.76. The third-order valence-corrected chi connectivity index (χ3v) is 1.93. The van der Waals surface area contributed by atoms with Crippen molar-refractivity contribution in [1.82, 2.24) is 0 Å². The van der Waals surface area contributed by atoms with E-state index >= 15 is 0 Å². The Labute approximate surface area is 95.0 Å². The average Bonchev–Trinajstić information content (AvgIpc) is 2.04. The molecule has 3 heteroatoms. The molecular formula is C10H17NOW. The fraction of sp³-hybridized carbons (Fsp3) is 0.800. The van der Waals surface area contributed by atoms with Crippen LogP contribution in [0.5, 0.6) is 0 Å². The predicted octanol–water partition coefficient (Wildman–Crippen LogP) is 2.68. The van der Waals surface area contributed by atoms with Crippen LogP contribution in [0.1, 0.15) is 46.0 Å². The maximum atomic E-state index is 9.97. The van der Waals surface area contributed by atoms with Crippen molar-refractivity contribution in [3.05, 3.63) is 0 Å². The van der Waals surface area contributed by atoms with Gasteiger partial charge in [-0.15, -0.1) is 0 Å². The van der Waals surface area contributed by atoms with Gasteiger partial charge in [0.2, 0.25) is 0 Å². The van der Waals surface area contributed by atoms with E-state index < -0.39 is 0 Å². The first-order valence-corrected chi connectivity index (χ1v) is 4.47. The number of nitrogens with zero attached hydrogens (tertiary/aromatic N) is 1. The third-order valence-electron chi connectivity index (χ3n) is 1.93. The molecule has 0 amide bonds. The van der Waals surface area contributed by atoms with Crippen LogP contribution in [-0.2, 0) is 25.9 Å². The zero-order valence-electron chi connectivity index (χ0n) is 8.38. The van der Waals surface area contributed by atoms with E-state index in [1.165, 1.54) is 0 Å². The van der Waals surface area contributed by atoms with Crippen molar-refractivity contribution >= 4 is 6.29 Å². The van der Waals surface area contributed by atoms with Crippen LogP contribution >= 0.6 is 0 Å². The summed E-state index contributed by atoms with van der Waals surface area (Å²) in [7, 11) is 0. The van der Waals surface area contributed by atoms with Gasteiger partial charge in [0.15, 0.2) is 0 Å². The van der Waals surface area contributed by atoms with Gasteiger partial charge in [0.25, 0.3) is 0 Å². The SMILES string of the molecule is CC(C)(C#N)CCCCCC=O.[W]. The van der Waals surface area contributed by atoms with Crippen molar-refractivity contribution in [2.45, 2.75) is 46.0 Å². The summed E-state index contributed by atoms with van der Waals surface area (Å²) in [6.07, 6.45) is 5.62. The summed E-state index contributed by atoms with van der Waals surface area (Å²) in [5, 5.41) is 8.69. The van der Waals surface area contributed by atoms with Crippen molar-refractivity contribution in [3.63, 3.8) is 0 Å². The molecule has 0 aromatic carbocycles. The second-order valence-corrected chi connectivity index (χ2v) is 3.76. The molecule has 0 aliphatic heterocycles. The summed E-state index contributed by atoms with van der Waals surface area (Å²) >= 11 is 0. The number of unbranched alkanes of at least 4 members (excludes halogenated alkanes) is 3. The van der Waals surface area contributed by atoms with E-state index in [9.17, 15) is 4.79 Å². The number of nitriles is 1. The first-order chi connectivity index (χ1) is 5.62. The zero-order valence-corrected chi connectivity index (χ0v) is 11.3. The summed E-state index contributed by atoms with van der Waals surface area (Å²) in [5.41, 5.74) is -0.193. The number of carbonyl (C=O) groups is 1. The topological polar surface area (TPSA) is 40.9 Å². The number of aldehydes is 1. The molecule has 0 aliphatic carbocycles. The second-order valence-electron chi connectivity index (χ2n) is 3.76. The Balaban J connectivity index is 0. The minimum absolute atomic E-state index is 0. The van der Waals surface area contributed by atoms with E-state index in [0.717, 1.165) is 32.0 Å². The molecule has 0 spiro atoms. The molecule has 74 valence electrons. The maximum absolute atomic E-state index is 9.97. The molecule has 0 aromatic rings. The van der Waals surface area contributed by atoms with Crippen LogP contribution in [0.25, 0.3) is 0 Å². The van der Waals surface area contributed by atoms with Crippen LogP contribution in [0.3, 0.4) is 0 Å². The van der Waals surface area contributed by atoms with Gasteiger partial charge in [0.1, 0.15) is 6.29 Å². The quantitative estimate of drug-likeness (QED) is 0.545. The Hall–Kier alpha value is -0.152. The normalized spacial score (nSPS) is 9.92. The van der Waals surface area contributed by atoms with Gasteiger partial charge < -0.3 is 4.79 Å². The first kappa shape index (κ1) is 15.3. The molecule has 0 radical (unpaired) electrons. The Bertz CT molecular complexity index is 172. The molecule has 0 rings (SSSR count). The summed E-state index contributed by atoms with van der Waals surface area (Å²) in [5.74, 6) is 0. The van der Waals surface area contributed by atoms with Gasteiger partial charge in [-0.1, -0.05) is 12.8 Å². The smallest absolute Gasteiger partial charge is 0.119 e. The van der Waals surface area contributed by atoms with Gasteiger partial charge in [-0.2, -0.15) is 5.26 Å². The summed E-state index contributed by atoms with van der Waals surface area (Å²) in [6.45, 7) is 3.90. The van der Waals surface area contributed by atoms with Gasteiger partial charge in [-0.3, -0.25) is 0 Å². The molecule has 0 saturated heterocycles. The zero-order chi connectivity index (χ0) is 9.45. The van der Waals surface area contributed by atoms with Crippen molar-refractivity contribution in [3.8, 4) is 6.07 Å². The van der Waals surface area contributed by atoms with Crippen LogP contribution in [0.4, 0.5) is 0 Å². The minimum Gasteiger partial charge on any atom is -0.303 e. The number of hydrogen-bond acceptors (Lipinski definition) is 2. The number of carbonyl (C=O) groups excluding carboxylic acids is 1. The van der Waals surface area contributed by atoms with Crippen molar-refractivity contribution in [1.29, 1.82) is 5.26 Å². The number of hydrogen-bond donors (Lipinski definition) is 0. The molecule has 0 N–H and O–H groups in total. The first-order valence-electron chi connectivity index (χ1n) is 4.47. The van der Waals surface area contributed by atoms with Gasteiger partial charge in [0.05, 0.1) is 11.5 Å². The summed E-state index contributed by atoms with van der Waals surface area (Å²) in [4.78, 5) is 9.97. The van der Waals surface area contributed by atoms with Crippen LogP contribution in [0.2, 0.25) is 0 Å². The largest absolute Gasteiger partial charge is 0.303 e. The van der Waals surface area contributed by atoms with Gasteiger partial charge >= 0.3 is 0 Å². The molecule has 0 saturated carbocycles. The average molecular weight is 351 g/mol. The van der Waals surface area contributed by atoms with Crippen molar-refractivity contribution < 1.29 is 25.9 Å². The second kappa shape index (κ2) is 8.45. The predicted molar refractivity (Wildman–Crippen MR) is 48.5 cm³/mol. The van der Waals surface area contributed by atoms with E-state index in [4.69, 9.17) is 5.26 Å². The van der Waals surface area contributed by atoms with Gasteiger partial charge in [-0.25, -0.2) is 0 Å².